The first kappa shape index (κ1) is 15.3. The van der Waals surface area contributed by atoms with Crippen molar-refractivity contribution in [2.75, 3.05) is 10.8 Å². The number of sulfonamides is 1. The highest BCUT2D eigenvalue weighted by atomic mass is 35.5. The normalized spacial score (nSPS) is 18.1. The molecule has 4 nitrogen and oxygen atoms in total. The van der Waals surface area contributed by atoms with Crippen molar-refractivity contribution in [1.29, 1.82) is 0 Å². The number of aliphatic hydroxyl groups is 1. The Balaban J connectivity index is 1.97. The van der Waals surface area contributed by atoms with E-state index in [4.69, 9.17) is 11.6 Å². The summed E-state index contributed by atoms with van der Waals surface area (Å²) in [6, 6.07) is 14.0. The highest BCUT2D eigenvalue weighted by molar-refractivity contribution is 7.92. The molecule has 2 aromatic rings. The predicted molar refractivity (Wildman–Crippen MR) is 87.4 cm³/mol. The van der Waals surface area contributed by atoms with Crippen LogP contribution in [0.3, 0.4) is 0 Å². The molecule has 0 radical (unpaired) electrons. The summed E-state index contributed by atoms with van der Waals surface area (Å²) in [6.45, 7) is 0.269. The van der Waals surface area contributed by atoms with Gasteiger partial charge in [-0.1, -0.05) is 48.0 Å². The van der Waals surface area contributed by atoms with Crippen molar-refractivity contribution >= 4 is 27.3 Å². The van der Waals surface area contributed by atoms with E-state index in [0.717, 1.165) is 0 Å². The van der Waals surface area contributed by atoms with E-state index >= 15 is 0 Å². The maximum atomic E-state index is 12.8. The van der Waals surface area contributed by atoms with Gasteiger partial charge in [0.05, 0.1) is 17.5 Å². The fourth-order valence-corrected chi connectivity index (χ4v) is 4.62. The molecule has 22 heavy (non-hydrogen) atoms. The summed E-state index contributed by atoms with van der Waals surface area (Å²) in [5.74, 6) is -0.156. The third-order valence-electron chi connectivity index (χ3n) is 3.80. The van der Waals surface area contributed by atoms with Crippen LogP contribution in [0.15, 0.2) is 48.5 Å². The molecule has 1 aliphatic rings. The first-order valence-corrected chi connectivity index (χ1v) is 8.98. The SMILES string of the molecule is O=S(=O)(Cc1ccccc1Cl)N1CCC(O)c2ccccc21. The number of aliphatic hydroxyl groups excluding tert-OH is 1. The first-order chi connectivity index (χ1) is 10.5. The number of nitrogens with zero attached hydrogens (tertiary/aromatic N) is 1. The molecule has 1 atom stereocenters. The molecule has 6 heteroatoms. The molecular weight excluding hydrogens is 322 g/mol. The van der Waals surface area contributed by atoms with Crippen molar-refractivity contribution in [2.24, 2.45) is 0 Å². The van der Waals surface area contributed by atoms with Gasteiger partial charge in [0, 0.05) is 17.1 Å². The second-order valence-electron chi connectivity index (χ2n) is 5.28. The molecule has 1 unspecified atom stereocenters. The van der Waals surface area contributed by atoms with E-state index in [1.165, 1.54) is 4.31 Å². The van der Waals surface area contributed by atoms with Crippen LogP contribution in [0.2, 0.25) is 5.02 Å². The van der Waals surface area contributed by atoms with Gasteiger partial charge in [0.15, 0.2) is 0 Å². The summed E-state index contributed by atoms with van der Waals surface area (Å²) < 4.78 is 26.9. The molecule has 0 amide bonds. The number of halogens is 1. The van der Waals surface area contributed by atoms with E-state index < -0.39 is 16.1 Å². The van der Waals surface area contributed by atoms with Crippen molar-refractivity contribution in [3.8, 4) is 0 Å². The fourth-order valence-electron chi connectivity index (χ4n) is 2.69. The second-order valence-corrected chi connectivity index (χ2v) is 7.58. The van der Waals surface area contributed by atoms with E-state index in [1.807, 2.05) is 0 Å². The lowest BCUT2D eigenvalue weighted by Gasteiger charge is -2.33. The number of benzene rings is 2. The van der Waals surface area contributed by atoms with Gasteiger partial charge in [0.2, 0.25) is 10.0 Å². The van der Waals surface area contributed by atoms with Crippen molar-refractivity contribution in [1.82, 2.24) is 0 Å². The van der Waals surface area contributed by atoms with E-state index in [9.17, 15) is 13.5 Å². The van der Waals surface area contributed by atoms with Gasteiger partial charge in [0.25, 0.3) is 0 Å². The number of para-hydroxylation sites is 1. The van der Waals surface area contributed by atoms with Crippen LogP contribution < -0.4 is 4.31 Å². The summed E-state index contributed by atoms with van der Waals surface area (Å²) >= 11 is 6.07. The van der Waals surface area contributed by atoms with Gasteiger partial charge in [-0.05, 0) is 24.1 Å². The van der Waals surface area contributed by atoms with E-state index in [-0.39, 0.29) is 12.3 Å². The van der Waals surface area contributed by atoms with Crippen molar-refractivity contribution in [3.63, 3.8) is 0 Å². The molecule has 116 valence electrons. The molecule has 0 fully saturated rings. The van der Waals surface area contributed by atoms with Gasteiger partial charge in [0.1, 0.15) is 0 Å². The Morgan fingerprint density at radius 2 is 1.82 bits per heavy atom. The molecule has 0 aliphatic carbocycles. The lowest BCUT2D eigenvalue weighted by Crippen LogP contribution is -2.37. The zero-order valence-electron chi connectivity index (χ0n) is 11.8. The minimum absolute atomic E-state index is 0.156. The summed E-state index contributed by atoms with van der Waals surface area (Å²) in [6.07, 6.45) is -0.235. The highest BCUT2D eigenvalue weighted by Gasteiger charge is 2.31. The molecule has 2 aromatic carbocycles. The van der Waals surface area contributed by atoms with Crippen LogP contribution in [0.1, 0.15) is 23.7 Å². The summed E-state index contributed by atoms with van der Waals surface area (Å²) in [4.78, 5) is 0. The topological polar surface area (TPSA) is 57.6 Å². The molecule has 1 N–H and O–H groups in total. The Morgan fingerprint density at radius 3 is 2.59 bits per heavy atom. The minimum Gasteiger partial charge on any atom is -0.388 e. The van der Waals surface area contributed by atoms with Crippen LogP contribution in [-0.2, 0) is 15.8 Å². The third-order valence-corrected chi connectivity index (χ3v) is 5.90. The van der Waals surface area contributed by atoms with Crippen molar-refractivity contribution in [2.45, 2.75) is 18.3 Å². The number of hydrogen-bond acceptors (Lipinski definition) is 3. The molecule has 1 heterocycles. The average molecular weight is 338 g/mol. The van der Waals surface area contributed by atoms with Crippen LogP contribution in [0.5, 0.6) is 0 Å². The van der Waals surface area contributed by atoms with E-state index in [2.05, 4.69) is 0 Å². The molecular formula is C16H16ClNO3S. The maximum absolute atomic E-state index is 12.8. The Bertz CT molecular complexity index is 791. The van der Waals surface area contributed by atoms with Gasteiger partial charge in [-0.15, -0.1) is 0 Å². The van der Waals surface area contributed by atoms with Crippen LogP contribution in [0.4, 0.5) is 5.69 Å². The smallest absolute Gasteiger partial charge is 0.239 e. The van der Waals surface area contributed by atoms with Crippen LogP contribution in [0.25, 0.3) is 0 Å². The summed E-state index contributed by atoms with van der Waals surface area (Å²) in [5, 5.41) is 10.5. The minimum atomic E-state index is -3.56. The Morgan fingerprint density at radius 1 is 1.14 bits per heavy atom. The molecule has 1 aliphatic heterocycles. The molecule has 0 spiro atoms. The summed E-state index contributed by atoms with van der Waals surface area (Å²) in [5.41, 5.74) is 1.78. The van der Waals surface area contributed by atoms with Gasteiger partial charge in [-0.3, -0.25) is 4.31 Å². The van der Waals surface area contributed by atoms with E-state index in [0.29, 0.717) is 28.3 Å². The monoisotopic (exact) mass is 337 g/mol. The standard InChI is InChI=1S/C16H16ClNO3S/c17-14-7-3-1-5-12(14)11-22(20,21)18-10-9-16(19)13-6-2-4-8-15(13)18/h1-8,16,19H,9-11H2. The number of hydrogen-bond donors (Lipinski definition) is 1. The Labute approximate surface area is 135 Å². The number of anilines is 1. The Hall–Kier alpha value is -1.56. The Kier molecular flexibility index (Phi) is 4.12. The van der Waals surface area contributed by atoms with Crippen LogP contribution in [0, 0.1) is 0 Å². The number of rotatable bonds is 3. The lowest BCUT2D eigenvalue weighted by atomic mass is 10.0. The summed E-state index contributed by atoms with van der Waals surface area (Å²) in [7, 11) is -3.56. The zero-order chi connectivity index (χ0) is 15.7. The van der Waals surface area contributed by atoms with Crippen LogP contribution in [-0.4, -0.2) is 20.1 Å². The molecule has 0 aromatic heterocycles. The van der Waals surface area contributed by atoms with E-state index in [1.54, 1.807) is 48.5 Å². The molecule has 0 saturated carbocycles. The lowest BCUT2D eigenvalue weighted by molar-refractivity contribution is 0.166. The predicted octanol–water partition coefficient (Wildman–Crippen LogP) is 3.11. The number of fused-ring (bicyclic) bond motifs is 1. The van der Waals surface area contributed by atoms with Gasteiger partial charge >= 0.3 is 0 Å². The fraction of sp³-hybridized carbons (Fsp3) is 0.250. The quantitative estimate of drug-likeness (QED) is 0.936. The van der Waals surface area contributed by atoms with Crippen molar-refractivity contribution in [3.05, 3.63) is 64.7 Å². The van der Waals surface area contributed by atoms with Gasteiger partial charge < -0.3 is 5.11 Å². The molecule has 0 saturated heterocycles. The molecule has 0 bridgehead atoms. The zero-order valence-corrected chi connectivity index (χ0v) is 13.4. The average Bonchev–Trinajstić information content (AvgIpc) is 2.50. The largest absolute Gasteiger partial charge is 0.388 e. The van der Waals surface area contributed by atoms with Crippen molar-refractivity contribution < 1.29 is 13.5 Å². The molecule has 3 rings (SSSR count). The first-order valence-electron chi connectivity index (χ1n) is 7.00. The highest BCUT2D eigenvalue weighted by Crippen LogP contribution is 2.36. The van der Waals surface area contributed by atoms with Gasteiger partial charge in [-0.25, -0.2) is 8.42 Å². The van der Waals surface area contributed by atoms with Gasteiger partial charge in [-0.2, -0.15) is 0 Å². The van der Waals surface area contributed by atoms with Crippen LogP contribution >= 0.6 is 11.6 Å². The third kappa shape index (κ3) is 2.84. The second kappa shape index (κ2) is 5.91. The maximum Gasteiger partial charge on any atom is 0.239 e.